The largest absolute Gasteiger partial charge is 0.485 e. The molecule has 1 spiro atoms. The van der Waals surface area contributed by atoms with Gasteiger partial charge in [0.1, 0.15) is 11.4 Å². The van der Waals surface area contributed by atoms with Crippen LogP contribution in [0, 0.1) is 6.92 Å². The maximum absolute atomic E-state index is 6.35. The van der Waals surface area contributed by atoms with E-state index in [9.17, 15) is 0 Å². The molecule has 0 amide bonds. The maximum Gasteiger partial charge on any atom is 0.124 e. The summed E-state index contributed by atoms with van der Waals surface area (Å²) in [6, 6.07) is 8.71. The van der Waals surface area contributed by atoms with Crippen LogP contribution < -0.4 is 15.4 Å². The summed E-state index contributed by atoms with van der Waals surface area (Å²) in [6.07, 6.45) is 3.95. The van der Waals surface area contributed by atoms with Gasteiger partial charge in [0.2, 0.25) is 0 Å². The van der Waals surface area contributed by atoms with E-state index in [2.05, 4.69) is 52.0 Å². The Balaban J connectivity index is 1.58. The zero-order valence-corrected chi connectivity index (χ0v) is 12.9. The molecule has 2 aliphatic rings. The standard InChI is InChI=1S/C17H22N4O/c1-12-9-20-21-15(12)10-19-14-8-17(6-7-18-11-17)22-16-5-3-2-4-13(14)16/h2-5,9,14,18-19H,6-8,10-11H2,1H3,(H,20,21). The van der Waals surface area contributed by atoms with Gasteiger partial charge in [-0.05, 0) is 25.1 Å². The van der Waals surface area contributed by atoms with Crippen LogP contribution in [0.3, 0.4) is 0 Å². The van der Waals surface area contributed by atoms with E-state index in [1.54, 1.807) is 0 Å². The van der Waals surface area contributed by atoms with Crippen LogP contribution in [0.15, 0.2) is 30.5 Å². The molecule has 4 rings (SSSR count). The fourth-order valence-electron chi connectivity index (χ4n) is 3.56. The molecule has 1 saturated heterocycles. The van der Waals surface area contributed by atoms with Crippen molar-refractivity contribution in [1.82, 2.24) is 20.8 Å². The van der Waals surface area contributed by atoms with Gasteiger partial charge in [-0.1, -0.05) is 18.2 Å². The van der Waals surface area contributed by atoms with E-state index in [4.69, 9.17) is 4.74 Å². The van der Waals surface area contributed by atoms with Gasteiger partial charge < -0.3 is 15.4 Å². The summed E-state index contributed by atoms with van der Waals surface area (Å²) in [6.45, 7) is 4.85. The first-order chi connectivity index (χ1) is 10.8. The van der Waals surface area contributed by atoms with Crippen molar-refractivity contribution < 1.29 is 4.74 Å². The molecule has 1 aromatic heterocycles. The highest BCUT2D eigenvalue weighted by molar-refractivity contribution is 5.39. The molecule has 0 radical (unpaired) electrons. The number of hydrogen-bond donors (Lipinski definition) is 3. The molecule has 2 aromatic rings. The van der Waals surface area contributed by atoms with Crippen LogP contribution in [0.1, 0.15) is 35.7 Å². The Morgan fingerprint density at radius 3 is 3.09 bits per heavy atom. The monoisotopic (exact) mass is 298 g/mol. The SMILES string of the molecule is Cc1cn[nH]c1CNC1CC2(CCNC2)Oc2ccccc21. The second-order valence-corrected chi connectivity index (χ2v) is 6.42. The lowest BCUT2D eigenvalue weighted by molar-refractivity contribution is 0.0487. The van der Waals surface area contributed by atoms with Gasteiger partial charge in [-0.25, -0.2) is 0 Å². The molecule has 1 aromatic carbocycles. The third-order valence-corrected chi connectivity index (χ3v) is 4.86. The van der Waals surface area contributed by atoms with Crippen LogP contribution in [-0.2, 0) is 6.54 Å². The normalized spacial score (nSPS) is 26.9. The predicted molar refractivity (Wildman–Crippen MR) is 84.8 cm³/mol. The van der Waals surface area contributed by atoms with Crippen molar-refractivity contribution in [1.29, 1.82) is 0 Å². The highest BCUT2D eigenvalue weighted by Gasteiger charge is 2.42. The quantitative estimate of drug-likeness (QED) is 0.812. The van der Waals surface area contributed by atoms with E-state index < -0.39 is 0 Å². The maximum atomic E-state index is 6.35. The van der Waals surface area contributed by atoms with Gasteiger partial charge in [-0.15, -0.1) is 0 Å². The molecule has 2 unspecified atom stereocenters. The molecule has 5 nitrogen and oxygen atoms in total. The summed E-state index contributed by atoms with van der Waals surface area (Å²) in [5, 5.41) is 14.3. The van der Waals surface area contributed by atoms with Gasteiger partial charge in [-0.2, -0.15) is 5.10 Å². The van der Waals surface area contributed by atoms with Gasteiger partial charge in [-0.3, -0.25) is 5.10 Å². The van der Waals surface area contributed by atoms with E-state index >= 15 is 0 Å². The zero-order valence-electron chi connectivity index (χ0n) is 12.9. The van der Waals surface area contributed by atoms with E-state index in [0.717, 1.165) is 43.9 Å². The van der Waals surface area contributed by atoms with Crippen LogP contribution >= 0.6 is 0 Å². The molecule has 3 heterocycles. The molecule has 5 heteroatoms. The molecule has 2 aliphatic heterocycles. The fraction of sp³-hybridized carbons (Fsp3) is 0.471. The first kappa shape index (κ1) is 13.8. The van der Waals surface area contributed by atoms with E-state index in [1.165, 1.54) is 11.1 Å². The van der Waals surface area contributed by atoms with E-state index in [1.807, 2.05) is 6.20 Å². The van der Waals surface area contributed by atoms with Gasteiger partial charge >= 0.3 is 0 Å². The average molecular weight is 298 g/mol. The number of H-pyrrole nitrogens is 1. The minimum atomic E-state index is -0.0605. The van der Waals surface area contributed by atoms with Crippen molar-refractivity contribution in [2.24, 2.45) is 0 Å². The summed E-state index contributed by atoms with van der Waals surface area (Å²) in [4.78, 5) is 0. The van der Waals surface area contributed by atoms with Gasteiger partial charge in [0.15, 0.2) is 0 Å². The Labute approximate surface area is 130 Å². The molecule has 116 valence electrons. The first-order valence-corrected chi connectivity index (χ1v) is 7.97. The van der Waals surface area contributed by atoms with Gasteiger partial charge in [0.05, 0.1) is 11.9 Å². The van der Waals surface area contributed by atoms with Gasteiger partial charge in [0, 0.05) is 37.5 Å². The minimum absolute atomic E-state index is 0.0605. The van der Waals surface area contributed by atoms with Crippen molar-refractivity contribution in [2.45, 2.75) is 38.0 Å². The Hall–Kier alpha value is -1.85. The smallest absolute Gasteiger partial charge is 0.124 e. The summed E-state index contributed by atoms with van der Waals surface area (Å²) in [5.41, 5.74) is 3.56. The summed E-state index contributed by atoms with van der Waals surface area (Å²) < 4.78 is 6.35. The highest BCUT2D eigenvalue weighted by atomic mass is 16.5. The second-order valence-electron chi connectivity index (χ2n) is 6.42. The molecule has 3 N–H and O–H groups in total. The first-order valence-electron chi connectivity index (χ1n) is 7.97. The number of nitrogens with zero attached hydrogens (tertiary/aromatic N) is 1. The van der Waals surface area contributed by atoms with Crippen molar-refractivity contribution in [3.63, 3.8) is 0 Å². The number of ether oxygens (including phenoxy) is 1. The molecule has 1 fully saturated rings. The van der Waals surface area contributed by atoms with Crippen LogP contribution in [0.2, 0.25) is 0 Å². The van der Waals surface area contributed by atoms with Gasteiger partial charge in [0.25, 0.3) is 0 Å². The predicted octanol–water partition coefficient (Wildman–Crippen LogP) is 2.06. The number of hydrogen-bond acceptors (Lipinski definition) is 4. The van der Waals surface area contributed by atoms with E-state index in [0.29, 0.717) is 6.04 Å². The van der Waals surface area contributed by atoms with Crippen molar-refractivity contribution in [3.8, 4) is 5.75 Å². The number of nitrogens with one attached hydrogen (secondary N) is 3. The number of aromatic amines is 1. The Morgan fingerprint density at radius 2 is 2.32 bits per heavy atom. The lowest BCUT2D eigenvalue weighted by Gasteiger charge is -2.39. The Morgan fingerprint density at radius 1 is 1.41 bits per heavy atom. The summed E-state index contributed by atoms with van der Waals surface area (Å²) in [7, 11) is 0. The van der Waals surface area contributed by atoms with Crippen molar-refractivity contribution >= 4 is 0 Å². The van der Waals surface area contributed by atoms with Crippen LogP contribution in [0.25, 0.3) is 0 Å². The molecule has 0 aliphatic carbocycles. The lowest BCUT2D eigenvalue weighted by atomic mass is 9.86. The number of aromatic nitrogens is 2. The number of fused-ring (bicyclic) bond motifs is 1. The van der Waals surface area contributed by atoms with Crippen molar-refractivity contribution in [3.05, 3.63) is 47.3 Å². The number of benzene rings is 1. The molecule has 0 bridgehead atoms. The van der Waals surface area contributed by atoms with Crippen LogP contribution in [0.4, 0.5) is 0 Å². The molecular formula is C17H22N4O. The Bertz CT molecular complexity index is 660. The number of para-hydroxylation sites is 1. The zero-order chi connectivity index (χ0) is 15.0. The minimum Gasteiger partial charge on any atom is -0.485 e. The van der Waals surface area contributed by atoms with Crippen LogP contribution in [-0.4, -0.2) is 28.9 Å². The van der Waals surface area contributed by atoms with Crippen LogP contribution in [0.5, 0.6) is 5.75 Å². The fourth-order valence-corrected chi connectivity index (χ4v) is 3.56. The highest BCUT2D eigenvalue weighted by Crippen LogP contribution is 2.42. The molecule has 0 saturated carbocycles. The van der Waals surface area contributed by atoms with E-state index in [-0.39, 0.29) is 5.60 Å². The summed E-state index contributed by atoms with van der Waals surface area (Å²) >= 11 is 0. The lowest BCUT2D eigenvalue weighted by Crippen LogP contribution is -2.45. The second kappa shape index (κ2) is 5.41. The molecule has 2 atom stereocenters. The molecule has 22 heavy (non-hydrogen) atoms. The topological polar surface area (TPSA) is 62.0 Å². The third-order valence-electron chi connectivity index (χ3n) is 4.86. The number of rotatable bonds is 3. The Kier molecular flexibility index (Phi) is 3.39. The third kappa shape index (κ3) is 2.40. The average Bonchev–Trinajstić information content (AvgIpc) is 3.14. The molecular weight excluding hydrogens is 276 g/mol. The summed E-state index contributed by atoms with van der Waals surface area (Å²) in [5.74, 6) is 1.02. The number of aryl methyl sites for hydroxylation is 1. The van der Waals surface area contributed by atoms with Crippen molar-refractivity contribution in [2.75, 3.05) is 13.1 Å².